The quantitative estimate of drug-likeness (QED) is 0.416. The van der Waals surface area contributed by atoms with Crippen molar-refractivity contribution in [1.82, 2.24) is 20.0 Å². The number of carbonyl (C=O) groups excluding carboxylic acids is 2. The first-order valence-electron chi connectivity index (χ1n) is 11.1. The standard InChI is InChI=1S/C27H24N4O4/c1-34-23-12-6-20(7-13-23)27(21-8-14-24(35-2)15-9-21)25(32)30(26(33)29-27)18-19-4-10-22(11-5-19)31-17-3-16-28-31/h3-17H,18H2,1-2H3,(H,29,33). The zero-order chi connectivity index (χ0) is 24.4. The molecule has 176 valence electrons. The van der Waals surface area contributed by atoms with E-state index in [0.717, 1.165) is 11.3 Å². The van der Waals surface area contributed by atoms with Gasteiger partial charge >= 0.3 is 6.03 Å². The maximum Gasteiger partial charge on any atom is 0.325 e. The van der Waals surface area contributed by atoms with Crippen molar-refractivity contribution in [2.24, 2.45) is 0 Å². The van der Waals surface area contributed by atoms with E-state index < -0.39 is 11.6 Å². The van der Waals surface area contributed by atoms with Crippen molar-refractivity contribution in [3.63, 3.8) is 0 Å². The summed E-state index contributed by atoms with van der Waals surface area (Å²) in [6.07, 6.45) is 3.56. The molecular weight excluding hydrogens is 444 g/mol. The molecule has 0 radical (unpaired) electrons. The highest BCUT2D eigenvalue weighted by molar-refractivity contribution is 6.09. The topological polar surface area (TPSA) is 85.7 Å². The second-order valence-corrected chi connectivity index (χ2v) is 8.15. The summed E-state index contributed by atoms with van der Waals surface area (Å²) in [5.74, 6) is 0.961. The van der Waals surface area contributed by atoms with E-state index in [1.807, 2.05) is 36.5 Å². The fraction of sp³-hybridized carbons (Fsp3) is 0.148. The van der Waals surface area contributed by atoms with E-state index in [1.54, 1.807) is 73.6 Å². The summed E-state index contributed by atoms with van der Waals surface area (Å²) in [6.45, 7) is 0.137. The predicted molar refractivity (Wildman–Crippen MR) is 129 cm³/mol. The Kier molecular flexibility index (Phi) is 5.70. The van der Waals surface area contributed by atoms with Crippen LogP contribution in [0, 0.1) is 0 Å². The second-order valence-electron chi connectivity index (χ2n) is 8.15. The Morgan fingerprint density at radius 3 is 1.89 bits per heavy atom. The number of imide groups is 1. The van der Waals surface area contributed by atoms with Crippen LogP contribution in [0.15, 0.2) is 91.3 Å². The lowest BCUT2D eigenvalue weighted by Crippen LogP contribution is -2.45. The van der Waals surface area contributed by atoms with Crippen LogP contribution in [0.25, 0.3) is 5.69 Å². The summed E-state index contributed by atoms with van der Waals surface area (Å²) in [6, 6.07) is 23.2. The predicted octanol–water partition coefficient (Wildman–Crippen LogP) is 3.89. The Bertz CT molecular complexity index is 1280. The molecule has 35 heavy (non-hydrogen) atoms. The maximum atomic E-state index is 14.0. The number of methoxy groups -OCH3 is 2. The highest BCUT2D eigenvalue weighted by Crippen LogP contribution is 2.38. The van der Waals surface area contributed by atoms with E-state index in [-0.39, 0.29) is 12.5 Å². The first kappa shape index (κ1) is 22.2. The molecule has 1 aliphatic heterocycles. The van der Waals surface area contributed by atoms with Crippen molar-refractivity contribution in [3.8, 4) is 17.2 Å². The number of benzene rings is 3. The zero-order valence-electron chi connectivity index (χ0n) is 19.3. The van der Waals surface area contributed by atoms with Crippen molar-refractivity contribution in [2.75, 3.05) is 14.2 Å². The van der Waals surface area contributed by atoms with Gasteiger partial charge in [0, 0.05) is 12.4 Å². The number of rotatable bonds is 7. The van der Waals surface area contributed by atoms with Crippen molar-refractivity contribution < 1.29 is 19.1 Å². The van der Waals surface area contributed by atoms with Crippen LogP contribution in [0.1, 0.15) is 16.7 Å². The highest BCUT2D eigenvalue weighted by Gasteiger charge is 2.53. The molecule has 1 aliphatic rings. The third-order valence-corrected chi connectivity index (χ3v) is 6.20. The van der Waals surface area contributed by atoms with E-state index in [1.165, 1.54) is 4.90 Å². The third kappa shape index (κ3) is 3.89. The smallest absolute Gasteiger partial charge is 0.325 e. The number of aromatic nitrogens is 2. The minimum Gasteiger partial charge on any atom is -0.497 e. The Labute approximate surface area is 202 Å². The summed E-state index contributed by atoms with van der Waals surface area (Å²) in [4.78, 5) is 28.4. The first-order chi connectivity index (χ1) is 17.0. The molecule has 0 unspecified atom stereocenters. The van der Waals surface area contributed by atoms with Crippen LogP contribution in [-0.2, 0) is 16.9 Å². The van der Waals surface area contributed by atoms with Crippen LogP contribution in [-0.4, -0.2) is 40.8 Å². The Hall–Kier alpha value is -4.59. The van der Waals surface area contributed by atoms with Crippen LogP contribution in [0.5, 0.6) is 11.5 Å². The van der Waals surface area contributed by atoms with Gasteiger partial charge in [-0.1, -0.05) is 36.4 Å². The zero-order valence-corrected chi connectivity index (χ0v) is 19.3. The Morgan fingerprint density at radius 2 is 1.40 bits per heavy atom. The minimum absolute atomic E-state index is 0.137. The van der Waals surface area contributed by atoms with Gasteiger partial charge in [-0.3, -0.25) is 9.69 Å². The molecule has 0 bridgehead atoms. The molecule has 1 aromatic heterocycles. The summed E-state index contributed by atoms with van der Waals surface area (Å²) in [5, 5.41) is 7.20. The molecule has 0 atom stereocenters. The Morgan fingerprint density at radius 1 is 0.829 bits per heavy atom. The van der Waals surface area contributed by atoms with E-state index >= 15 is 0 Å². The largest absolute Gasteiger partial charge is 0.497 e. The van der Waals surface area contributed by atoms with Gasteiger partial charge in [-0.15, -0.1) is 0 Å². The van der Waals surface area contributed by atoms with Crippen LogP contribution < -0.4 is 14.8 Å². The number of hydrogen-bond donors (Lipinski definition) is 1. The summed E-state index contributed by atoms with van der Waals surface area (Å²) in [7, 11) is 3.16. The number of urea groups is 1. The van der Waals surface area contributed by atoms with Gasteiger partial charge in [-0.2, -0.15) is 5.10 Å². The minimum atomic E-state index is -1.37. The molecule has 8 nitrogen and oxygen atoms in total. The molecule has 0 saturated carbocycles. The van der Waals surface area contributed by atoms with Gasteiger partial charge in [-0.25, -0.2) is 9.48 Å². The fourth-order valence-corrected chi connectivity index (χ4v) is 4.32. The molecule has 3 amide bonds. The first-order valence-corrected chi connectivity index (χ1v) is 11.1. The van der Waals surface area contributed by atoms with Crippen molar-refractivity contribution >= 4 is 11.9 Å². The molecule has 1 fully saturated rings. The molecule has 0 spiro atoms. The van der Waals surface area contributed by atoms with E-state index in [0.29, 0.717) is 22.6 Å². The molecule has 3 aromatic carbocycles. The number of nitrogens with zero attached hydrogens (tertiary/aromatic N) is 3. The maximum absolute atomic E-state index is 14.0. The van der Waals surface area contributed by atoms with Gasteiger partial charge in [0.15, 0.2) is 5.54 Å². The second kappa shape index (κ2) is 8.98. The fourth-order valence-electron chi connectivity index (χ4n) is 4.32. The van der Waals surface area contributed by atoms with Gasteiger partial charge in [0.25, 0.3) is 5.91 Å². The monoisotopic (exact) mass is 468 g/mol. The van der Waals surface area contributed by atoms with Gasteiger partial charge < -0.3 is 14.8 Å². The third-order valence-electron chi connectivity index (χ3n) is 6.20. The average Bonchev–Trinajstić information content (AvgIpc) is 3.53. The van der Waals surface area contributed by atoms with Gasteiger partial charge in [0.2, 0.25) is 0 Å². The van der Waals surface area contributed by atoms with Gasteiger partial charge in [0.1, 0.15) is 11.5 Å². The average molecular weight is 469 g/mol. The van der Waals surface area contributed by atoms with Crippen LogP contribution in [0.3, 0.4) is 0 Å². The molecule has 8 heteroatoms. The molecule has 1 N–H and O–H groups in total. The van der Waals surface area contributed by atoms with Crippen molar-refractivity contribution in [3.05, 3.63) is 108 Å². The molecule has 4 aromatic rings. The van der Waals surface area contributed by atoms with Crippen LogP contribution in [0.4, 0.5) is 4.79 Å². The number of amides is 3. The molecule has 2 heterocycles. The van der Waals surface area contributed by atoms with E-state index in [2.05, 4.69) is 10.4 Å². The van der Waals surface area contributed by atoms with Gasteiger partial charge in [0.05, 0.1) is 26.5 Å². The SMILES string of the molecule is COc1ccc(C2(c3ccc(OC)cc3)NC(=O)N(Cc3ccc(-n4cccn4)cc3)C2=O)cc1. The lowest BCUT2D eigenvalue weighted by Gasteiger charge is -2.28. The summed E-state index contributed by atoms with van der Waals surface area (Å²) >= 11 is 0. The number of ether oxygens (including phenoxy) is 2. The number of hydrogen-bond acceptors (Lipinski definition) is 5. The lowest BCUT2D eigenvalue weighted by molar-refractivity contribution is -0.130. The normalized spacial score (nSPS) is 14.6. The van der Waals surface area contributed by atoms with Crippen molar-refractivity contribution in [1.29, 1.82) is 0 Å². The highest BCUT2D eigenvalue weighted by atomic mass is 16.5. The molecule has 0 aliphatic carbocycles. The Balaban J connectivity index is 1.50. The van der Waals surface area contributed by atoms with E-state index in [9.17, 15) is 9.59 Å². The molecule has 5 rings (SSSR count). The molecule has 1 saturated heterocycles. The van der Waals surface area contributed by atoms with Crippen molar-refractivity contribution in [2.45, 2.75) is 12.1 Å². The number of carbonyl (C=O) groups is 2. The lowest BCUT2D eigenvalue weighted by atomic mass is 9.82. The van der Waals surface area contributed by atoms with E-state index in [4.69, 9.17) is 9.47 Å². The number of nitrogens with one attached hydrogen (secondary N) is 1. The summed E-state index contributed by atoms with van der Waals surface area (Å²) in [5.41, 5.74) is 1.62. The molecular formula is C27H24N4O4. The summed E-state index contributed by atoms with van der Waals surface area (Å²) < 4.78 is 12.3. The van der Waals surface area contributed by atoms with Crippen LogP contribution in [0.2, 0.25) is 0 Å². The van der Waals surface area contributed by atoms with Gasteiger partial charge in [-0.05, 0) is 59.2 Å². The van der Waals surface area contributed by atoms with Crippen LogP contribution >= 0.6 is 0 Å².